The van der Waals surface area contributed by atoms with Crippen LogP contribution in [0.25, 0.3) is 0 Å². The molecule has 1 unspecified atom stereocenters. The second kappa shape index (κ2) is 7.75. The Morgan fingerprint density at radius 1 is 1.20 bits per heavy atom. The Bertz CT molecular complexity index is 368. The fraction of sp³-hybridized carbons (Fsp3) is 0.706. The van der Waals surface area contributed by atoms with E-state index in [9.17, 15) is 0 Å². The predicted octanol–water partition coefficient (Wildman–Crippen LogP) is 3.34. The van der Waals surface area contributed by atoms with Crippen LogP contribution >= 0.6 is 0 Å². The van der Waals surface area contributed by atoms with E-state index in [1.54, 1.807) is 0 Å². The normalized spacial score (nSPS) is 19.7. The second-order valence-corrected chi connectivity index (χ2v) is 5.73. The molecule has 0 aromatic carbocycles. The van der Waals surface area contributed by atoms with Crippen molar-refractivity contribution < 1.29 is 4.74 Å². The molecule has 1 N–H and O–H groups in total. The SMILES string of the molecule is CCNC(Cc1ccncc1)C1(OCC)CCCCC1. The van der Waals surface area contributed by atoms with Crippen molar-refractivity contribution in [3.63, 3.8) is 0 Å². The Morgan fingerprint density at radius 2 is 1.90 bits per heavy atom. The third-order valence-corrected chi connectivity index (χ3v) is 4.41. The van der Waals surface area contributed by atoms with Crippen molar-refractivity contribution in [1.29, 1.82) is 0 Å². The van der Waals surface area contributed by atoms with Crippen molar-refractivity contribution in [3.05, 3.63) is 30.1 Å². The van der Waals surface area contributed by atoms with E-state index in [-0.39, 0.29) is 5.60 Å². The van der Waals surface area contributed by atoms with Gasteiger partial charge < -0.3 is 10.1 Å². The van der Waals surface area contributed by atoms with Gasteiger partial charge in [0, 0.05) is 25.0 Å². The lowest BCUT2D eigenvalue weighted by atomic mass is 9.77. The van der Waals surface area contributed by atoms with Gasteiger partial charge in [-0.2, -0.15) is 0 Å². The highest BCUT2D eigenvalue weighted by atomic mass is 16.5. The number of hydrogen-bond donors (Lipinski definition) is 1. The zero-order valence-corrected chi connectivity index (χ0v) is 12.9. The molecular weight excluding hydrogens is 248 g/mol. The predicted molar refractivity (Wildman–Crippen MR) is 82.8 cm³/mol. The Hall–Kier alpha value is -0.930. The van der Waals surface area contributed by atoms with Crippen LogP contribution in [0, 0.1) is 0 Å². The van der Waals surface area contributed by atoms with E-state index < -0.39 is 0 Å². The molecule has 1 aliphatic rings. The van der Waals surface area contributed by atoms with Crippen LogP contribution in [0.5, 0.6) is 0 Å². The lowest BCUT2D eigenvalue weighted by molar-refractivity contribution is -0.0894. The Kier molecular flexibility index (Phi) is 5.99. The number of likely N-dealkylation sites (N-methyl/N-ethyl adjacent to an activating group) is 1. The van der Waals surface area contributed by atoms with Gasteiger partial charge in [0.1, 0.15) is 0 Å². The lowest BCUT2D eigenvalue weighted by Crippen LogP contribution is -2.54. The first-order valence-electron chi connectivity index (χ1n) is 8.07. The van der Waals surface area contributed by atoms with Gasteiger partial charge in [0.25, 0.3) is 0 Å². The summed E-state index contributed by atoms with van der Waals surface area (Å²) in [6, 6.07) is 4.63. The standard InChI is InChI=1S/C17H28N2O/c1-3-19-16(14-15-8-12-18-13-9-15)17(20-4-2)10-6-5-7-11-17/h8-9,12-13,16,19H,3-7,10-11,14H2,1-2H3. The first-order chi connectivity index (χ1) is 9.80. The Balaban J connectivity index is 2.15. The highest BCUT2D eigenvalue weighted by molar-refractivity contribution is 5.14. The average molecular weight is 276 g/mol. The molecule has 1 saturated carbocycles. The van der Waals surface area contributed by atoms with Crippen LogP contribution in [0.3, 0.4) is 0 Å². The van der Waals surface area contributed by atoms with Gasteiger partial charge in [-0.15, -0.1) is 0 Å². The van der Waals surface area contributed by atoms with Crippen LogP contribution in [0.15, 0.2) is 24.5 Å². The summed E-state index contributed by atoms with van der Waals surface area (Å²) >= 11 is 0. The number of nitrogens with one attached hydrogen (secondary N) is 1. The topological polar surface area (TPSA) is 34.2 Å². The van der Waals surface area contributed by atoms with Gasteiger partial charge in [-0.1, -0.05) is 26.2 Å². The molecule has 0 saturated heterocycles. The van der Waals surface area contributed by atoms with Gasteiger partial charge in [0.05, 0.1) is 5.60 Å². The third kappa shape index (κ3) is 3.80. The Labute approximate surface area is 123 Å². The second-order valence-electron chi connectivity index (χ2n) is 5.73. The van der Waals surface area contributed by atoms with Crippen molar-refractivity contribution in [1.82, 2.24) is 10.3 Å². The molecule has 0 radical (unpaired) electrons. The molecule has 112 valence electrons. The molecule has 3 nitrogen and oxygen atoms in total. The van der Waals surface area contributed by atoms with E-state index in [1.807, 2.05) is 12.4 Å². The van der Waals surface area contributed by atoms with Crippen molar-refractivity contribution in [3.8, 4) is 0 Å². The van der Waals surface area contributed by atoms with Crippen LogP contribution in [-0.2, 0) is 11.2 Å². The maximum Gasteiger partial charge on any atom is 0.0837 e. The molecule has 3 heteroatoms. The molecule has 0 aliphatic heterocycles. The molecular formula is C17H28N2O. The van der Waals surface area contributed by atoms with E-state index in [2.05, 4.69) is 36.3 Å². The third-order valence-electron chi connectivity index (χ3n) is 4.41. The molecule has 1 fully saturated rings. The minimum atomic E-state index is 0.0201. The van der Waals surface area contributed by atoms with E-state index in [4.69, 9.17) is 4.74 Å². The largest absolute Gasteiger partial charge is 0.374 e. The van der Waals surface area contributed by atoms with Crippen LogP contribution < -0.4 is 5.32 Å². The first kappa shape index (κ1) is 15.5. The molecule has 1 aromatic rings. The van der Waals surface area contributed by atoms with E-state index in [1.165, 1.54) is 37.7 Å². The maximum atomic E-state index is 6.28. The minimum absolute atomic E-state index is 0.0201. The van der Waals surface area contributed by atoms with Gasteiger partial charge in [-0.05, 0) is 50.4 Å². The average Bonchev–Trinajstić information content (AvgIpc) is 2.49. The summed E-state index contributed by atoms with van der Waals surface area (Å²) < 4.78 is 6.28. The van der Waals surface area contributed by atoms with Crippen LogP contribution in [0.1, 0.15) is 51.5 Å². The molecule has 2 rings (SSSR count). The molecule has 1 aliphatic carbocycles. The van der Waals surface area contributed by atoms with Gasteiger partial charge in [-0.3, -0.25) is 4.98 Å². The quantitative estimate of drug-likeness (QED) is 0.829. The maximum absolute atomic E-state index is 6.28. The van der Waals surface area contributed by atoms with Crippen LogP contribution in [0.4, 0.5) is 0 Å². The summed E-state index contributed by atoms with van der Waals surface area (Å²) in [4.78, 5) is 4.11. The van der Waals surface area contributed by atoms with Gasteiger partial charge in [0.2, 0.25) is 0 Å². The van der Waals surface area contributed by atoms with Crippen molar-refractivity contribution in [2.75, 3.05) is 13.2 Å². The Morgan fingerprint density at radius 3 is 2.50 bits per heavy atom. The molecule has 20 heavy (non-hydrogen) atoms. The monoisotopic (exact) mass is 276 g/mol. The fourth-order valence-corrected chi connectivity index (χ4v) is 3.48. The lowest BCUT2D eigenvalue weighted by Gasteiger charge is -2.44. The van der Waals surface area contributed by atoms with Gasteiger partial charge in [0.15, 0.2) is 0 Å². The molecule has 0 bridgehead atoms. The summed E-state index contributed by atoms with van der Waals surface area (Å²) in [5, 5.41) is 3.68. The number of pyridine rings is 1. The molecule has 0 spiro atoms. The molecule has 1 heterocycles. The van der Waals surface area contributed by atoms with Gasteiger partial charge in [-0.25, -0.2) is 0 Å². The number of ether oxygens (including phenoxy) is 1. The summed E-state index contributed by atoms with van der Waals surface area (Å²) in [6.07, 6.45) is 11.1. The van der Waals surface area contributed by atoms with Crippen molar-refractivity contribution in [2.24, 2.45) is 0 Å². The van der Waals surface area contributed by atoms with E-state index >= 15 is 0 Å². The van der Waals surface area contributed by atoms with E-state index in [0.29, 0.717) is 6.04 Å². The first-order valence-corrected chi connectivity index (χ1v) is 8.07. The zero-order chi connectivity index (χ0) is 14.3. The minimum Gasteiger partial charge on any atom is -0.374 e. The summed E-state index contributed by atoms with van der Waals surface area (Å²) in [5.74, 6) is 0. The smallest absolute Gasteiger partial charge is 0.0837 e. The summed E-state index contributed by atoms with van der Waals surface area (Å²) in [7, 11) is 0. The number of aromatic nitrogens is 1. The highest BCUT2D eigenvalue weighted by Crippen LogP contribution is 2.35. The number of nitrogens with zero attached hydrogens (tertiary/aromatic N) is 1. The molecule has 0 amide bonds. The van der Waals surface area contributed by atoms with Crippen molar-refractivity contribution >= 4 is 0 Å². The highest BCUT2D eigenvalue weighted by Gasteiger charge is 2.40. The van der Waals surface area contributed by atoms with E-state index in [0.717, 1.165) is 19.6 Å². The zero-order valence-electron chi connectivity index (χ0n) is 12.9. The summed E-state index contributed by atoms with van der Waals surface area (Å²) in [6.45, 7) is 6.09. The number of hydrogen-bond acceptors (Lipinski definition) is 3. The molecule has 1 atom stereocenters. The van der Waals surface area contributed by atoms with Crippen LogP contribution in [-0.4, -0.2) is 29.8 Å². The summed E-state index contributed by atoms with van der Waals surface area (Å²) in [5.41, 5.74) is 1.36. The molecule has 1 aromatic heterocycles. The van der Waals surface area contributed by atoms with Gasteiger partial charge >= 0.3 is 0 Å². The van der Waals surface area contributed by atoms with Crippen LogP contribution in [0.2, 0.25) is 0 Å². The fourth-order valence-electron chi connectivity index (χ4n) is 3.48. The van der Waals surface area contributed by atoms with Crippen molar-refractivity contribution in [2.45, 2.75) is 64.0 Å². The number of rotatable bonds is 7.